The van der Waals surface area contributed by atoms with Crippen molar-refractivity contribution in [3.05, 3.63) is 104 Å². The van der Waals surface area contributed by atoms with Crippen LogP contribution in [0.1, 0.15) is 29.2 Å². The van der Waals surface area contributed by atoms with Gasteiger partial charge < -0.3 is 19.3 Å². The van der Waals surface area contributed by atoms with Gasteiger partial charge in [-0.15, -0.1) is 0 Å². The van der Waals surface area contributed by atoms with Gasteiger partial charge in [-0.05, 0) is 47.5 Å². The number of halogens is 2. The number of morpholine rings is 1. The maximum Gasteiger partial charge on any atom is 0.266 e. The molecule has 11 nitrogen and oxygen atoms in total. The summed E-state index contributed by atoms with van der Waals surface area (Å²) in [7, 11) is 0. The number of carbonyl (C=O) groups is 1. The van der Waals surface area contributed by atoms with Gasteiger partial charge in [0.25, 0.3) is 5.91 Å². The molecule has 3 aromatic carbocycles. The average molecular weight is 626 g/mol. The number of ether oxygens (including phenoxy) is 3. The molecule has 3 aromatic rings. The maximum atomic E-state index is 14.5. The fourth-order valence-electron chi connectivity index (χ4n) is 4.99. The first-order valence-corrected chi connectivity index (χ1v) is 14.5. The molecule has 2 heterocycles. The Bertz CT molecular complexity index is 1530. The summed E-state index contributed by atoms with van der Waals surface area (Å²) in [4.78, 5) is 22.4. The SMILES string of the molecule is [N-]=[N+]=Nc1ccccc1C[C@]1(C(=O)NN2CCOCC2)N=C(c2ccc(OCCCO)cc2)O[C@H]1c1ccc(Cl)cc1Cl. The third-order valence-corrected chi connectivity index (χ3v) is 7.71. The van der Waals surface area contributed by atoms with Crippen LogP contribution in [0.3, 0.4) is 0 Å². The summed E-state index contributed by atoms with van der Waals surface area (Å²) in [5, 5.41) is 15.4. The van der Waals surface area contributed by atoms with Crippen LogP contribution in [0.2, 0.25) is 10.0 Å². The van der Waals surface area contributed by atoms with Crippen molar-refractivity contribution in [2.24, 2.45) is 10.1 Å². The predicted octanol–water partition coefficient (Wildman–Crippen LogP) is 5.56. The molecule has 1 saturated heterocycles. The van der Waals surface area contributed by atoms with Crippen molar-refractivity contribution in [3.8, 4) is 5.75 Å². The summed E-state index contributed by atoms with van der Waals surface area (Å²) in [6, 6.07) is 19.2. The van der Waals surface area contributed by atoms with Crippen LogP contribution in [0.25, 0.3) is 10.4 Å². The number of hydrazine groups is 1. The Kier molecular flexibility index (Phi) is 10.0. The summed E-state index contributed by atoms with van der Waals surface area (Å²) in [5.41, 5.74) is 12.8. The van der Waals surface area contributed by atoms with Crippen LogP contribution in [0, 0.1) is 0 Å². The minimum absolute atomic E-state index is 0.0356. The fourth-order valence-corrected chi connectivity index (χ4v) is 5.49. The normalized spacial score (nSPS) is 20.1. The largest absolute Gasteiger partial charge is 0.494 e. The number of benzene rings is 3. The lowest BCUT2D eigenvalue weighted by molar-refractivity contribution is -0.136. The highest BCUT2D eigenvalue weighted by atomic mass is 35.5. The molecule has 2 aliphatic rings. The molecule has 0 spiro atoms. The highest BCUT2D eigenvalue weighted by Crippen LogP contribution is 2.46. The number of nitrogens with one attached hydrogen (secondary N) is 1. The Morgan fingerprint density at radius 1 is 1.16 bits per heavy atom. The van der Waals surface area contributed by atoms with Crippen molar-refractivity contribution in [2.45, 2.75) is 24.5 Å². The first-order valence-electron chi connectivity index (χ1n) is 13.8. The summed E-state index contributed by atoms with van der Waals surface area (Å²) in [6.07, 6.45) is -0.416. The molecule has 0 bridgehead atoms. The van der Waals surface area contributed by atoms with Crippen molar-refractivity contribution < 1.29 is 24.1 Å². The molecule has 13 heteroatoms. The third-order valence-electron chi connectivity index (χ3n) is 7.15. The van der Waals surface area contributed by atoms with E-state index in [4.69, 9.17) is 47.5 Å². The molecule has 2 aliphatic heterocycles. The van der Waals surface area contributed by atoms with E-state index in [0.29, 0.717) is 77.5 Å². The van der Waals surface area contributed by atoms with E-state index in [1.165, 1.54) is 0 Å². The smallest absolute Gasteiger partial charge is 0.266 e. The Balaban J connectivity index is 1.62. The number of nitrogens with zero attached hydrogens (tertiary/aromatic N) is 5. The fraction of sp³-hybridized carbons (Fsp3) is 0.333. The van der Waals surface area contributed by atoms with E-state index in [-0.39, 0.29) is 18.9 Å². The molecule has 0 unspecified atom stereocenters. The second-order valence-electron chi connectivity index (χ2n) is 9.99. The van der Waals surface area contributed by atoms with Gasteiger partial charge in [-0.25, -0.2) is 10.0 Å². The van der Waals surface area contributed by atoms with Gasteiger partial charge in [0.2, 0.25) is 5.90 Å². The van der Waals surface area contributed by atoms with Crippen LogP contribution < -0.4 is 10.2 Å². The number of carbonyl (C=O) groups excluding carboxylic acids is 1. The van der Waals surface area contributed by atoms with Crippen LogP contribution in [0.4, 0.5) is 5.69 Å². The molecule has 1 fully saturated rings. The average Bonchev–Trinajstić information content (AvgIpc) is 3.39. The Labute approximate surface area is 258 Å². The van der Waals surface area contributed by atoms with Crippen LogP contribution >= 0.6 is 23.2 Å². The molecule has 43 heavy (non-hydrogen) atoms. The summed E-state index contributed by atoms with van der Waals surface area (Å²) in [6.45, 7) is 2.35. The number of aliphatic hydroxyl groups excluding tert-OH is 1. The van der Waals surface area contributed by atoms with Crippen LogP contribution in [-0.4, -0.2) is 67.0 Å². The van der Waals surface area contributed by atoms with Gasteiger partial charge in [-0.2, -0.15) is 0 Å². The number of rotatable bonds is 11. The van der Waals surface area contributed by atoms with Crippen molar-refractivity contribution in [3.63, 3.8) is 0 Å². The van der Waals surface area contributed by atoms with Gasteiger partial charge in [0.1, 0.15) is 5.75 Å². The standard InChI is InChI=1S/C30H30Cl2N6O5/c31-22-8-11-24(25(32)18-22)27-30(29(40)36-38-12-16-41-17-13-38,19-21-4-1-2-5-26(21)35-37-33)34-28(43-27)20-6-9-23(10-7-20)42-15-3-14-39/h1-2,4-11,18,27,39H,3,12-17,19H2,(H,36,40)/t27-,30-/m0/s1. The minimum atomic E-state index is -1.57. The molecule has 0 aromatic heterocycles. The molecule has 2 atom stereocenters. The molecule has 1 amide bonds. The van der Waals surface area contributed by atoms with Crippen LogP contribution in [0.5, 0.6) is 5.75 Å². The van der Waals surface area contributed by atoms with Gasteiger partial charge >= 0.3 is 0 Å². The second kappa shape index (κ2) is 14.1. The van der Waals surface area contributed by atoms with Crippen LogP contribution in [0.15, 0.2) is 76.8 Å². The second-order valence-corrected chi connectivity index (χ2v) is 10.8. The van der Waals surface area contributed by atoms with E-state index in [2.05, 4.69) is 15.5 Å². The quantitative estimate of drug-likeness (QED) is 0.124. The first-order chi connectivity index (χ1) is 20.9. The zero-order chi connectivity index (χ0) is 30.2. The first kappa shape index (κ1) is 30.6. The van der Waals surface area contributed by atoms with Crippen molar-refractivity contribution >= 4 is 40.7 Å². The number of aliphatic imine (C=N–C) groups is 1. The Morgan fingerprint density at radius 3 is 2.65 bits per heavy atom. The zero-order valence-electron chi connectivity index (χ0n) is 23.2. The van der Waals surface area contributed by atoms with Gasteiger partial charge in [0.15, 0.2) is 11.6 Å². The Morgan fingerprint density at radius 2 is 1.93 bits per heavy atom. The Hall–Kier alpha value is -3.83. The molecular weight excluding hydrogens is 595 g/mol. The zero-order valence-corrected chi connectivity index (χ0v) is 24.7. The molecular formula is C30H30Cl2N6O5. The highest BCUT2D eigenvalue weighted by Gasteiger charge is 2.54. The predicted molar refractivity (Wildman–Crippen MR) is 163 cm³/mol. The summed E-state index contributed by atoms with van der Waals surface area (Å²) in [5.74, 6) is 0.434. The number of aliphatic hydroxyl groups is 1. The number of hydrogen-bond donors (Lipinski definition) is 2. The van der Waals surface area contributed by atoms with Gasteiger partial charge in [-0.1, -0.05) is 58.6 Å². The van der Waals surface area contributed by atoms with Gasteiger partial charge in [0.05, 0.1) is 19.8 Å². The molecule has 0 saturated carbocycles. The minimum Gasteiger partial charge on any atom is -0.494 e. The molecule has 2 N–H and O–H groups in total. The lowest BCUT2D eigenvalue weighted by Gasteiger charge is -2.35. The highest BCUT2D eigenvalue weighted by molar-refractivity contribution is 6.35. The third kappa shape index (κ3) is 7.05. The molecule has 5 rings (SSSR count). The van der Waals surface area contributed by atoms with E-state index < -0.39 is 17.6 Å². The summed E-state index contributed by atoms with van der Waals surface area (Å²) < 4.78 is 17.7. The topological polar surface area (TPSA) is 141 Å². The van der Waals surface area contributed by atoms with Gasteiger partial charge in [-0.3, -0.25) is 10.2 Å². The van der Waals surface area contributed by atoms with Crippen molar-refractivity contribution in [1.82, 2.24) is 10.4 Å². The number of hydrogen-bond acceptors (Lipinski definition) is 8. The van der Waals surface area contributed by atoms with Crippen molar-refractivity contribution in [2.75, 3.05) is 39.5 Å². The van der Waals surface area contributed by atoms with E-state index >= 15 is 0 Å². The monoisotopic (exact) mass is 624 g/mol. The van der Waals surface area contributed by atoms with E-state index in [0.717, 1.165) is 0 Å². The maximum absolute atomic E-state index is 14.5. The summed E-state index contributed by atoms with van der Waals surface area (Å²) >= 11 is 12.9. The lowest BCUT2D eigenvalue weighted by Crippen LogP contribution is -2.57. The van der Waals surface area contributed by atoms with E-state index in [1.807, 2.05) is 0 Å². The molecule has 0 radical (unpaired) electrons. The lowest BCUT2D eigenvalue weighted by atomic mass is 9.81. The van der Waals surface area contributed by atoms with Crippen LogP contribution in [-0.2, 0) is 20.7 Å². The molecule has 0 aliphatic carbocycles. The van der Waals surface area contributed by atoms with E-state index in [1.54, 1.807) is 71.7 Å². The number of amides is 1. The molecule has 224 valence electrons. The number of azide groups is 1. The van der Waals surface area contributed by atoms with E-state index in [9.17, 15) is 10.3 Å². The van der Waals surface area contributed by atoms with Crippen molar-refractivity contribution in [1.29, 1.82) is 0 Å². The van der Waals surface area contributed by atoms with Gasteiger partial charge in [0, 0.05) is 64.3 Å².